The molecular weight excluding hydrogens is 248 g/mol. The molecule has 0 amide bonds. The Hall–Kier alpha value is -0.690. The zero-order valence-electron chi connectivity index (χ0n) is 12.0. The van der Waals surface area contributed by atoms with Crippen molar-refractivity contribution in [2.24, 2.45) is 5.92 Å². The SMILES string of the molecule is COCCN(CCN1CCOCC1)CC(C)C(=O)O. The molecule has 0 saturated carbocycles. The maximum absolute atomic E-state index is 10.9. The molecule has 0 spiro atoms. The molecule has 1 unspecified atom stereocenters. The van der Waals surface area contributed by atoms with Crippen molar-refractivity contribution in [1.29, 1.82) is 0 Å². The predicted octanol–water partition coefficient (Wildman–Crippen LogP) is -0.0123. The van der Waals surface area contributed by atoms with Crippen LogP contribution in [0.1, 0.15) is 6.92 Å². The molecule has 1 aliphatic rings. The Balaban J connectivity index is 2.32. The summed E-state index contributed by atoms with van der Waals surface area (Å²) in [4.78, 5) is 15.4. The Morgan fingerprint density at radius 1 is 1.42 bits per heavy atom. The van der Waals surface area contributed by atoms with Crippen LogP contribution >= 0.6 is 0 Å². The number of methoxy groups -OCH3 is 1. The highest BCUT2D eigenvalue weighted by molar-refractivity contribution is 5.69. The van der Waals surface area contributed by atoms with Crippen LogP contribution in [-0.2, 0) is 14.3 Å². The predicted molar refractivity (Wildman–Crippen MR) is 72.4 cm³/mol. The highest BCUT2D eigenvalue weighted by Gasteiger charge is 2.17. The first-order chi connectivity index (χ1) is 9.13. The molecular formula is C13H26N2O4. The smallest absolute Gasteiger partial charge is 0.307 e. The molecule has 112 valence electrons. The second-order valence-electron chi connectivity index (χ2n) is 4.99. The third kappa shape index (κ3) is 6.87. The van der Waals surface area contributed by atoms with Gasteiger partial charge in [0.25, 0.3) is 0 Å². The van der Waals surface area contributed by atoms with E-state index in [1.165, 1.54) is 0 Å². The molecule has 0 radical (unpaired) electrons. The van der Waals surface area contributed by atoms with Crippen LogP contribution in [-0.4, -0.2) is 87.1 Å². The highest BCUT2D eigenvalue weighted by atomic mass is 16.5. The van der Waals surface area contributed by atoms with Crippen LogP contribution in [0.5, 0.6) is 0 Å². The Kier molecular flexibility index (Phi) is 7.97. The number of aliphatic carboxylic acids is 1. The summed E-state index contributed by atoms with van der Waals surface area (Å²) in [6, 6.07) is 0. The minimum Gasteiger partial charge on any atom is -0.481 e. The number of hydrogen-bond acceptors (Lipinski definition) is 5. The van der Waals surface area contributed by atoms with E-state index in [0.29, 0.717) is 13.2 Å². The topological polar surface area (TPSA) is 62.2 Å². The lowest BCUT2D eigenvalue weighted by Crippen LogP contribution is -2.43. The van der Waals surface area contributed by atoms with Crippen LogP contribution in [0, 0.1) is 5.92 Å². The standard InChI is InChI=1S/C13H26N2O4/c1-12(13(16)17)11-15(5-8-18-2)4-3-14-6-9-19-10-7-14/h12H,3-11H2,1-2H3,(H,16,17). The van der Waals surface area contributed by atoms with Gasteiger partial charge in [0.1, 0.15) is 0 Å². The monoisotopic (exact) mass is 274 g/mol. The zero-order valence-corrected chi connectivity index (χ0v) is 12.0. The Morgan fingerprint density at radius 3 is 2.68 bits per heavy atom. The second kappa shape index (κ2) is 9.25. The highest BCUT2D eigenvalue weighted by Crippen LogP contribution is 2.02. The van der Waals surface area contributed by atoms with Crippen LogP contribution < -0.4 is 0 Å². The van der Waals surface area contributed by atoms with Gasteiger partial charge in [-0.1, -0.05) is 6.92 Å². The van der Waals surface area contributed by atoms with Crippen LogP contribution in [0.2, 0.25) is 0 Å². The molecule has 1 N–H and O–H groups in total. The van der Waals surface area contributed by atoms with E-state index in [1.54, 1.807) is 14.0 Å². The van der Waals surface area contributed by atoms with E-state index in [-0.39, 0.29) is 5.92 Å². The van der Waals surface area contributed by atoms with Gasteiger partial charge in [0.05, 0.1) is 25.7 Å². The lowest BCUT2D eigenvalue weighted by atomic mass is 10.1. The lowest BCUT2D eigenvalue weighted by Gasteiger charge is -2.30. The lowest BCUT2D eigenvalue weighted by molar-refractivity contribution is -0.141. The fraction of sp³-hybridized carbons (Fsp3) is 0.923. The number of hydrogen-bond donors (Lipinski definition) is 1. The molecule has 6 nitrogen and oxygen atoms in total. The first kappa shape index (κ1) is 16.4. The van der Waals surface area contributed by atoms with Gasteiger partial charge in [0.2, 0.25) is 0 Å². The summed E-state index contributed by atoms with van der Waals surface area (Å²) in [6.45, 7) is 9.08. The van der Waals surface area contributed by atoms with Crippen molar-refractivity contribution in [3.8, 4) is 0 Å². The molecule has 0 aromatic carbocycles. The van der Waals surface area contributed by atoms with Gasteiger partial charge in [-0.15, -0.1) is 0 Å². The maximum atomic E-state index is 10.9. The van der Waals surface area contributed by atoms with Crippen molar-refractivity contribution in [1.82, 2.24) is 9.80 Å². The summed E-state index contributed by atoms with van der Waals surface area (Å²) in [6.07, 6.45) is 0. The van der Waals surface area contributed by atoms with Gasteiger partial charge >= 0.3 is 5.97 Å². The zero-order chi connectivity index (χ0) is 14.1. The van der Waals surface area contributed by atoms with Gasteiger partial charge in [0, 0.05) is 46.4 Å². The first-order valence-electron chi connectivity index (χ1n) is 6.87. The van der Waals surface area contributed by atoms with E-state index in [9.17, 15) is 4.79 Å². The van der Waals surface area contributed by atoms with E-state index >= 15 is 0 Å². The molecule has 0 aliphatic carbocycles. The molecule has 19 heavy (non-hydrogen) atoms. The molecule has 0 bridgehead atoms. The third-order valence-corrected chi connectivity index (χ3v) is 3.40. The number of nitrogens with zero attached hydrogens (tertiary/aromatic N) is 2. The Bertz CT molecular complexity index is 257. The summed E-state index contributed by atoms with van der Waals surface area (Å²) < 4.78 is 10.4. The van der Waals surface area contributed by atoms with Crippen molar-refractivity contribution in [2.45, 2.75) is 6.92 Å². The van der Waals surface area contributed by atoms with Crippen molar-refractivity contribution in [2.75, 3.05) is 66.2 Å². The van der Waals surface area contributed by atoms with Crippen LogP contribution in [0.15, 0.2) is 0 Å². The first-order valence-corrected chi connectivity index (χ1v) is 6.87. The Labute approximate surface area is 115 Å². The van der Waals surface area contributed by atoms with E-state index < -0.39 is 5.97 Å². The second-order valence-corrected chi connectivity index (χ2v) is 4.99. The number of morpholine rings is 1. The number of carbonyl (C=O) groups is 1. The van der Waals surface area contributed by atoms with Crippen LogP contribution in [0.3, 0.4) is 0 Å². The van der Waals surface area contributed by atoms with Crippen molar-refractivity contribution >= 4 is 5.97 Å². The summed E-state index contributed by atoms with van der Waals surface area (Å²) in [7, 11) is 1.67. The van der Waals surface area contributed by atoms with Crippen molar-refractivity contribution in [3.05, 3.63) is 0 Å². The average molecular weight is 274 g/mol. The van der Waals surface area contributed by atoms with Gasteiger partial charge in [0.15, 0.2) is 0 Å². The van der Waals surface area contributed by atoms with E-state index in [1.807, 2.05) is 0 Å². The summed E-state index contributed by atoms with van der Waals surface area (Å²) in [5, 5.41) is 8.99. The molecule has 1 heterocycles. The summed E-state index contributed by atoms with van der Waals surface area (Å²) >= 11 is 0. The number of carboxylic acid groups (broad SMARTS) is 1. The molecule has 1 fully saturated rings. The van der Waals surface area contributed by atoms with Gasteiger partial charge in [-0.2, -0.15) is 0 Å². The minimum absolute atomic E-state index is 0.346. The number of ether oxygens (including phenoxy) is 2. The van der Waals surface area contributed by atoms with E-state index in [4.69, 9.17) is 14.6 Å². The molecule has 0 aromatic rings. The molecule has 1 aliphatic heterocycles. The number of rotatable bonds is 9. The largest absolute Gasteiger partial charge is 0.481 e. The molecule has 1 atom stereocenters. The minimum atomic E-state index is -0.742. The van der Waals surface area contributed by atoms with Crippen LogP contribution in [0.25, 0.3) is 0 Å². The summed E-state index contributed by atoms with van der Waals surface area (Å²) in [5.41, 5.74) is 0. The fourth-order valence-corrected chi connectivity index (χ4v) is 2.09. The van der Waals surface area contributed by atoms with E-state index in [0.717, 1.165) is 45.9 Å². The number of carboxylic acids is 1. The van der Waals surface area contributed by atoms with Crippen molar-refractivity contribution in [3.63, 3.8) is 0 Å². The maximum Gasteiger partial charge on any atom is 0.307 e. The van der Waals surface area contributed by atoms with Crippen molar-refractivity contribution < 1.29 is 19.4 Å². The molecule has 0 aromatic heterocycles. The molecule has 6 heteroatoms. The van der Waals surface area contributed by atoms with Gasteiger partial charge < -0.3 is 14.6 Å². The summed E-state index contributed by atoms with van der Waals surface area (Å²) in [5.74, 6) is -1.09. The van der Waals surface area contributed by atoms with Gasteiger partial charge in [-0.3, -0.25) is 14.6 Å². The molecule has 1 saturated heterocycles. The average Bonchev–Trinajstić information content (AvgIpc) is 2.42. The quantitative estimate of drug-likeness (QED) is 0.638. The van der Waals surface area contributed by atoms with Gasteiger partial charge in [-0.05, 0) is 0 Å². The normalized spacial score (nSPS) is 18.7. The van der Waals surface area contributed by atoms with Gasteiger partial charge in [-0.25, -0.2) is 0 Å². The molecule has 1 rings (SSSR count). The Morgan fingerprint density at radius 2 is 2.11 bits per heavy atom. The van der Waals surface area contributed by atoms with E-state index in [2.05, 4.69) is 9.80 Å². The fourth-order valence-electron chi connectivity index (χ4n) is 2.09. The third-order valence-electron chi connectivity index (χ3n) is 3.40. The van der Waals surface area contributed by atoms with Crippen LogP contribution in [0.4, 0.5) is 0 Å².